The first kappa shape index (κ1) is 16.5. The lowest BCUT2D eigenvalue weighted by molar-refractivity contribution is 0.102. The summed E-state index contributed by atoms with van der Waals surface area (Å²) in [4.78, 5) is 16.2. The van der Waals surface area contributed by atoms with Crippen molar-refractivity contribution in [2.24, 2.45) is 0 Å². The summed E-state index contributed by atoms with van der Waals surface area (Å²) in [6, 6.07) is 12.7. The molecule has 0 aliphatic carbocycles. The summed E-state index contributed by atoms with van der Waals surface area (Å²) in [6.45, 7) is 2.44. The second-order valence-electron chi connectivity index (χ2n) is 5.33. The van der Waals surface area contributed by atoms with Crippen LogP contribution < -0.4 is 5.32 Å². The summed E-state index contributed by atoms with van der Waals surface area (Å²) in [7, 11) is 0. The SMILES string of the molecule is Cc1ccc(C(=O)Nc2ncn(Cc3ccc(Cl)c(Cl)c3)n2)cc1. The van der Waals surface area contributed by atoms with Crippen LogP contribution in [0, 0.1) is 6.92 Å². The molecule has 1 heterocycles. The number of anilines is 1. The molecular formula is C17H14Cl2N4O. The second kappa shape index (κ2) is 7.03. The maximum absolute atomic E-state index is 12.1. The van der Waals surface area contributed by atoms with Gasteiger partial charge < -0.3 is 0 Å². The lowest BCUT2D eigenvalue weighted by Gasteiger charge is -2.03. The van der Waals surface area contributed by atoms with Crippen LogP contribution in [0.4, 0.5) is 5.95 Å². The average Bonchev–Trinajstić information content (AvgIpc) is 2.98. The molecule has 7 heteroatoms. The van der Waals surface area contributed by atoms with Crippen LogP contribution in [0.5, 0.6) is 0 Å². The van der Waals surface area contributed by atoms with Gasteiger partial charge in [-0.1, -0.05) is 47.0 Å². The number of aryl methyl sites for hydroxylation is 1. The number of carbonyl (C=O) groups is 1. The maximum atomic E-state index is 12.1. The van der Waals surface area contributed by atoms with Crippen molar-refractivity contribution in [1.82, 2.24) is 14.8 Å². The molecule has 0 unspecified atom stereocenters. The first-order chi connectivity index (χ1) is 11.5. The third-order valence-electron chi connectivity index (χ3n) is 3.40. The monoisotopic (exact) mass is 360 g/mol. The predicted molar refractivity (Wildman–Crippen MR) is 94.7 cm³/mol. The molecule has 1 N–H and O–H groups in total. The summed E-state index contributed by atoms with van der Waals surface area (Å²) >= 11 is 11.9. The van der Waals surface area contributed by atoms with Crippen LogP contribution in [0.15, 0.2) is 48.8 Å². The molecule has 0 saturated heterocycles. The van der Waals surface area contributed by atoms with Gasteiger partial charge in [-0.15, -0.1) is 5.10 Å². The molecule has 1 aromatic heterocycles. The van der Waals surface area contributed by atoms with E-state index in [1.807, 2.05) is 25.1 Å². The highest BCUT2D eigenvalue weighted by Crippen LogP contribution is 2.22. The lowest BCUT2D eigenvalue weighted by atomic mass is 10.1. The Kier molecular flexibility index (Phi) is 4.83. The van der Waals surface area contributed by atoms with Crippen LogP contribution in [0.2, 0.25) is 10.0 Å². The standard InChI is InChI=1S/C17H14Cl2N4O/c1-11-2-5-13(6-3-11)16(24)21-17-20-10-23(22-17)9-12-4-7-14(18)15(19)8-12/h2-8,10H,9H2,1H3,(H,21,22,24). The van der Waals surface area contributed by atoms with Crippen LogP contribution in [0.25, 0.3) is 0 Å². The number of rotatable bonds is 4. The molecule has 0 saturated carbocycles. The van der Waals surface area contributed by atoms with Crippen molar-refractivity contribution in [2.45, 2.75) is 13.5 Å². The summed E-state index contributed by atoms with van der Waals surface area (Å²) in [5.41, 5.74) is 2.59. The zero-order chi connectivity index (χ0) is 17.1. The topological polar surface area (TPSA) is 59.8 Å². The largest absolute Gasteiger partial charge is 0.289 e. The van der Waals surface area contributed by atoms with E-state index >= 15 is 0 Å². The van der Waals surface area contributed by atoms with Crippen LogP contribution in [-0.2, 0) is 6.54 Å². The van der Waals surface area contributed by atoms with Crippen molar-refractivity contribution in [3.63, 3.8) is 0 Å². The molecule has 2 aromatic carbocycles. The van der Waals surface area contributed by atoms with Gasteiger partial charge in [-0.2, -0.15) is 0 Å². The minimum absolute atomic E-state index is 0.248. The Bertz CT molecular complexity index is 875. The minimum atomic E-state index is -0.248. The van der Waals surface area contributed by atoms with Gasteiger partial charge in [0.2, 0.25) is 5.95 Å². The Morgan fingerprint density at radius 1 is 1.12 bits per heavy atom. The van der Waals surface area contributed by atoms with Gasteiger partial charge in [-0.3, -0.25) is 10.1 Å². The summed E-state index contributed by atoms with van der Waals surface area (Å²) in [5, 5.41) is 7.91. The van der Waals surface area contributed by atoms with Gasteiger partial charge in [0.1, 0.15) is 6.33 Å². The second-order valence-corrected chi connectivity index (χ2v) is 6.15. The maximum Gasteiger partial charge on any atom is 0.258 e. The molecule has 3 aromatic rings. The third kappa shape index (κ3) is 3.93. The van der Waals surface area contributed by atoms with Crippen molar-refractivity contribution in [3.05, 3.63) is 75.5 Å². The van der Waals surface area contributed by atoms with Gasteiger partial charge in [0.05, 0.1) is 16.6 Å². The van der Waals surface area contributed by atoms with Crippen LogP contribution in [0.3, 0.4) is 0 Å². The van der Waals surface area contributed by atoms with Gasteiger partial charge >= 0.3 is 0 Å². The number of halogens is 2. The zero-order valence-electron chi connectivity index (χ0n) is 12.8. The van der Waals surface area contributed by atoms with Gasteiger partial charge in [-0.05, 0) is 36.8 Å². The average molecular weight is 361 g/mol. The van der Waals surface area contributed by atoms with E-state index < -0.39 is 0 Å². The number of nitrogens with zero attached hydrogens (tertiary/aromatic N) is 3. The lowest BCUT2D eigenvalue weighted by Crippen LogP contribution is -2.13. The molecule has 0 radical (unpaired) electrons. The van der Waals surface area contributed by atoms with Crippen molar-refractivity contribution < 1.29 is 4.79 Å². The highest BCUT2D eigenvalue weighted by atomic mass is 35.5. The first-order valence-corrected chi connectivity index (χ1v) is 7.98. The molecule has 24 heavy (non-hydrogen) atoms. The number of aromatic nitrogens is 3. The van der Waals surface area contributed by atoms with E-state index in [-0.39, 0.29) is 11.9 Å². The molecule has 5 nitrogen and oxygen atoms in total. The molecule has 0 atom stereocenters. The predicted octanol–water partition coefficient (Wildman–Crippen LogP) is 4.19. The van der Waals surface area contributed by atoms with Gasteiger partial charge in [-0.25, -0.2) is 9.67 Å². The number of nitrogens with one attached hydrogen (secondary N) is 1. The van der Waals surface area contributed by atoms with Crippen molar-refractivity contribution in [3.8, 4) is 0 Å². The van der Waals surface area contributed by atoms with Crippen LogP contribution >= 0.6 is 23.2 Å². The normalized spacial score (nSPS) is 10.6. The van der Waals surface area contributed by atoms with E-state index in [0.717, 1.165) is 11.1 Å². The Labute approximate surface area is 149 Å². The first-order valence-electron chi connectivity index (χ1n) is 7.22. The molecule has 122 valence electrons. The third-order valence-corrected chi connectivity index (χ3v) is 4.14. The van der Waals surface area contributed by atoms with Crippen molar-refractivity contribution in [2.75, 3.05) is 5.32 Å². The van der Waals surface area contributed by atoms with Crippen molar-refractivity contribution in [1.29, 1.82) is 0 Å². The number of benzene rings is 2. The number of amides is 1. The quantitative estimate of drug-likeness (QED) is 0.758. The van der Waals surface area contributed by atoms with E-state index in [1.165, 1.54) is 0 Å². The number of hydrogen-bond acceptors (Lipinski definition) is 3. The van der Waals surface area contributed by atoms with Gasteiger partial charge in [0, 0.05) is 5.56 Å². The smallest absolute Gasteiger partial charge is 0.258 e. The Hall–Kier alpha value is -2.37. The number of hydrogen-bond donors (Lipinski definition) is 1. The van der Waals surface area contributed by atoms with Crippen LogP contribution in [-0.4, -0.2) is 20.7 Å². The minimum Gasteiger partial charge on any atom is -0.289 e. The van der Waals surface area contributed by atoms with E-state index in [4.69, 9.17) is 23.2 Å². The molecule has 1 amide bonds. The molecule has 0 fully saturated rings. The van der Waals surface area contributed by atoms with E-state index in [1.54, 1.807) is 35.3 Å². The summed E-state index contributed by atoms with van der Waals surface area (Å²) in [5.74, 6) is 0.00271. The Morgan fingerprint density at radius 2 is 1.88 bits per heavy atom. The Morgan fingerprint density at radius 3 is 2.58 bits per heavy atom. The number of carbonyl (C=O) groups excluding carboxylic acids is 1. The van der Waals surface area contributed by atoms with E-state index in [0.29, 0.717) is 22.2 Å². The van der Waals surface area contributed by atoms with E-state index in [9.17, 15) is 4.79 Å². The fourth-order valence-corrected chi connectivity index (χ4v) is 2.45. The molecular weight excluding hydrogens is 347 g/mol. The Balaban J connectivity index is 1.67. The van der Waals surface area contributed by atoms with E-state index in [2.05, 4.69) is 15.4 Å². The fraction of sp³-hybridized carbons (Fsp3) is 0.118. The molecule has 0 aliphatic heterocycles. The summed E-state index contributed by atoms with van der Waals surface area (Å²) < 4.78 is 1.62. The van der Waals surface area contributed by atoms with Crippen molar-refractivity contribution >= 4 is 35.1 Å². The highest BCUT2D eigenvalue weighted by molar-refractivity contribution is 6.42. The van der Waals surface area contributed by atoms with Gasteiger partial charge in [0.15, 0.2) is 0 Å². The zero-order valence-corrected chi connectivity index (χ0v) is 14.3. The highest BCUT2D eigenvalue weighted by Gasteiger charge is 2.09. The molecule has 0 spiro atoms. The summed E-state index contributed by atoms with van der Waals surface area (Å²) in [6.07, 6.45) is 1.55. The molecule has 0 bridgehead atoms. The van der Waals surface area contributed by atoms with Crippen LogP contribution in [0.1, 0.15) is 21.5 Å². The fourth-order valence-electron chi connectivity index (χ4n) is 2.13. The van der Waals surface area contributed by atoms with Gasteiger partial charge in [0.25, 0.3) is 5.91 Å². The molecule has 3 rings (SSSR count). The molecule has 0 aliphatic rings.